The molecule has 0 aliphatic rings. The number of rotatable bonds is 5. The summed E-state index contributed by atoms with van der Waals surface area (Å²) in [4.78, 5) is 25.8. The number of fused-ring (bicyclic) bond motifs is 1. The van der Waals surface area contributed by atoms with Crippen LogP contribution in [-0.4, -0.2) is 23.2 Å². The van der Waals surface area contributed by atoms with Crippen molar-refractivity contribution in [3.63, 3.8) is 0 Å². The molecule has 0 atom stereocenters. The minimum Gasteiger partial charge on any atom is -0.462 e. The lowest BCUT2D eigenvalue weighted by atomic mass is 10.1. The Bertz CT molecular complexity index is 1100. The van der Waals surface area contributed by atoms with Gasteiger partial charge in [-0.25, -0.2) is 4.79 Å². The Labute approximate surface area is 161 Å². The van der Waals surface area contributed by atoms with Gasteiger partial charge in [-0.15, -0.1) is 11.8 Å². The van der Waals surface area contributed by atoms with E-state index in [2.05, 4.69) is 0 Å². The average Bonchev–Trinajstić information content (AvgIpc) is 2.68. The molecule has 0 unspecified atom stereocenters. The van der Waals surface area contributed by atoms with Crippen molar-refractivity contribution in [3.8, 4) is 6.07 Å². The second kappa shape index (κ2) is 8.11. The number of carbonyl (C=O) groups excluding carboxylic acids is 1. The normalized spacial score (nSPS) is 10.6. The molecule has 0 saturated heterocycles. The monoisotopic (exact) mass is 378 g/mol. The van der Waals surface area contributed by atoms with Gasteiger partial charge in [0.1, 0.15) is 11.6 Å². The fourth-order valence-electron chi connectivity index (χ4n) is 2.91. The van der Waals surface area contributed by atoms with E-state index in [0.717, 1.165) is 11.1 Å². The average molecular weight is 378 g/mol. The van der Waals surface area contributed by atoms with E-state index in [9.17, 15) is 14.9 Å². The van der Waals surface area contributed by atoms with E-state index in [4.69, 9.17) is 4.74 Å². The van der Waals surface area contributed by atoms with Crippen LogP contribution in [0.5, 0.6) is 0 Å². The number of nitriles is 1. The van der Waals surface area contributed by atoms with E-state index in [1.807, 2.05) is 43.3 Å². The minimum atomic E-state index is -0.533. The van der Waals surface area contributed by atoms with Gasteiger partial charge < -0.3 is 4.74 Å². The molecule has 136 valence electrons. The Morgan fingerprint density at radius 2 is 2.00 bits per heavy atom. The highest BCUT2D eigenvalue weighted by atomic mass is 32.2. The molecule has 3 rings (SSSR count). The van der Waals surface area contributed by atoms with Crippen molar-refractivity contribution in [2.75, 3.05) is 12.9 Å². The van der Waals surface area contributed by atoms with Crippen LogP contribution in [0.4, 0.5) is 0 Å². The van der Waals surface area contributed by atoms with Crippen molar-refractivity contribution in [1.82, 2.24) is 4.40 Å². The number of benzene rings is 1. The molecule has 0 saturated carbocycles. The Morgan fingerprint density at radius 1 is 1.26 bits per heavy atom. The molecule has 5 nitrogen and oxygen atoms in total. The number of nitrogens with zero attached hydrogens (tertiary/aromatic N) is 2. The Hall–Kier alpha value is -3.04. The first-order valence-corrected chi connectivity index (χ1v) is 9.63. The molecule has 0 amide bonds. The van der Waals surface area contributed by atoms with Crippen molar-refractivity contribution in [2.45, 2.75) is 18.2 Å². The zero-order valence-corrected chi connectivity index (χ0v) is 15.9. The molecule has 0 N–H and O–H groups in total. The van der Waals surface area contributed by atoms with Crippen molar-refractivity contribution in [3.05, 3.63) is 81.3 Å². The second-order valence-electron chi connectivity index (χ2n) is 6.03. The molecule has 0 bridgehead atoms. The third kappa shape index (κ3) is 3.74. The predicted molar refractivity (Wildman–Crippen MR) is 105 cm³/mol. The minimum absolute atomic E-state index is 0.0427. The van der Waals surface area contributed by atoms with Crippen molar-refractivity contribution in [2.24, 2.45) is 0 Å². The second-order valence-corrected chi connectivity index (χ2v) is 6.85. The summed E-state index contributed by atoms with van der Waals surface area (Å²) in [6, 6.07) is 15.2. The largest absolute Gasteiger partial charge is 0.462 e. The fourth-order valence-corrected chi connectivity index (χ4v) is 3.64. The molecule has 6 heteroatoms. The van der Waals surface area contributed by atoms with Crippen LogP contribution in [-0.2, 0) is 11.2 Å². The van der Waals surface area contributed by atoms with E-state index in [1.54, 1.807) is 24.6 Å². The summed E-state index contributed by atoms with van der Waals surface area (Å²) in [7, 11) is 0. The summed E-state index contributed by atoms with van der Waals surface area (Å²) >= 11 is 1.20. The smallest absolute Gasteiger partial charge is 0.341 e. The van der Waals surface area contributed by atoms with Gasteiger partial charge in [0.05, 0.1) is 17.7 Å². The number of aromatic nitrogens is 1. The molecule has 2 heterocycles. The molecule has 0 aliphatic carbocycles. The standard InChI is InChI=1S/C21H18N2O3S/c1-14-8-10-23-17(12-14)18(19(27-2)16(13-22)20(23)24)21(25)26-11-9-15-6-4-3-5-7-15/h3-8,10,12H,9,11H2,1-2H3. The fraction of sp³-hybridized carbons (Fsp3) is 0.190. The van der Waals surface area contributed by atoms with Gasteiger partial charge in [0.2, 0.25) is 0 Å². The number of esters is 1. The third-order valence-corrected chi connectivity index (χ3v) is 5.06. The number of thioether (sulfide) groups is 1. The first-order chi connectivity index (χ1) is 13.1. The van der Waals surface area contributed by atoms with Crippen molar-refractivity contribution in [1.29, 1.82) is 5.26 Å². The van der Waals surface area contributed by atoms with Crippen molar-refractivity contribution >= 4 is 23.2 Å². The molecule has 27 heavy (non-hydrogen) atoms. The van der Waals surface area contributed by atoms with Crippen LogP contribution in [0.2, 0.25) is 0 Å². The predicted octanol–water partition coefficient (Wildman–Crippen LogP) is 3.60. The van der Waals surface area contributed by atoms with Crippen LogP contribution in [0.15, 0.2) is 58.4 Å². The molecular weight excluding hydrogens is 360 g/mol. The van der Waals surface area contributed by atoms with E-state index < -0.39 is 11.5 Å². The molecule has 0 aliphatic heterocycles. The summed E-state index contributed by atoms with van der Waals surface area (Å²) in [5, 5.41) is 9.45. The van der Waals surface area contributed by atoms with Gasteiger partial charge in [-0.3, -0.25) is 9.20 Å². The summed E-state index contributed by atoms with van der Waals surface area (Å²) in [6.07, 6.45) is 3.91. The zero-order valence-electron chi connectivity index (χ0n) is 15.1. The molecule has 1 aromatic carbocycles. The van der Waals surface area contributed by atoms with E-state index in [-0.39, 0.29) is 17.7 Å². The lowest BCUT2D eigenvalue weighted by Gasteiger charge is -2.14. The first kappa shape index (κ1) is 18.7. The van der Waals surface area contributed by atoms with Gasteiger partial charge in [0, 0.05) is 17.5 Å². The van der Waals surface area contributed by atoms with Crippen LogP contribution in [0.3, 0.4) is 0 Å². The highest BCUT2D eigenvalue weighted by molar-refractivity contribution is 7.98. The maximum absolute atomic E-state index is 12.9. The van der Waals surface area contributed by atoms with Gasteiger partial charge in [-0.05, 0) is 36.4 Å². The van der Waals surface area contributed by atoms with Gasteiger partial charge in [0.25, 0.3) is 5.56 Å². The van der Waals surface area contributed by atoms with Crippen LogP contribution >= 0.6 is 11.8 Å². The SMILES string of the molecule is CSc1c(C#N)c(=O)n2ccc(C)cc2c1C(=O)OCCc1ccccc1. The lowest BCUT2D eigenvalue weighted by Crippen LogP contribution is -2.22. The molecule has 0 spiro atoms. The topological polar surface area (TPSA) is 71.6 Å². The highest BCUT2D eigenvalue weighted by Crippen LogP contribution is 2.27. The number of carbonyl (C=O) groups is 1. The Balaban J connectivity index is 2.02. The number of ether oxygens (including phenoxy) is 1. The van der Waals surface area contributed by atoms with Gasteiger partial charge in [-0.1, -0.05) is 30.3 Å². The van der Waals surface area contributed by atoms with E-state index in [0.29, 0.717) is 16.8 Å². The molecular formula is C21H18N2O3S. The summed E-state index contributed by atoms with van der Waals surface area (Å²) in [6.45, 7) is 2.10. The molecule has 3 aromatic rings. The number of hydrogen-bond acceptors (Lipinski definition) is 5. The Morgan fingerprint density at radius 3 is 2.67 bits per heavy atom. The van der Waals surface area contributed by atoms with Crippen LogP contribution in [0.1, 0.15) is 27.0 Å². The maximum Gasteiger partial charge on any atom is 0.341 e. The van der Waals surface area contributed by atoms with Gasteiger partial charge >= 0.3 is 5.97 Å². The Kier molecular flexibility index (Phi) is 5.63. The van der Waals surface area contributed by atoms with E-state index >= 15 is 0 Å². The molecule has 0 radical (unpaired) electrons. The van der Waals surface area contributed by atoms with Gasteiger partial charge in [0.15, 0.2) is 0 Å². The van der Waals surface area contributed by atoms with Crippen LogP contribution < -0.4 is 5.56 Å². The number of hydrogen-bond donors (Lipinski definition) is 0. The van der Waals surface area contributed by atoms with Gasteiger partial charge in [-0.2, -0.15) is 5.26 Å². The van der Waals surface area contributed by atoms with E-state index in [1.165, 1.54) is 16.2 Å². The quantitative estimate of drug-likeness (QED) is 0.501. The van der Waals surface area contributed by atoms with Crippen LogP contribution in [0, 0.1) is 18.3 Å². The summed E-state index contributed by atoms with van der Waals surface area (Å²) in [5.41, 5.74) is 2.21. The number of aryl methyl sites for hydroxylation is 1. The highest BCUT2D eigenvalue weighted by Gasteiger charge is 2.23. The first-order valence-electron chi connectivity index (χ1n) is 8.41. The zero-order chi connectivity index (χ0) is 19.4. The summed E-state index contributed by atoms with van der Waals surface area (Å²) in [5.74, 6) is -0.533. The third-order valence-electron chi connectivity index (χ3n) is 4.24. The number of pyridine rings is 2. The van der Waals surface area contributed by atoms with Crippen molar-refractivity contribution < 1.29 is 9.53 Å². The maximum atomic E-state index is 12.9. The molecule has 2 aromatic heterocycles. The summed E-state index contributed by atoms with van der Waals surface area (Å²) < 4.78 is 6.82. The lowest BCUT2D eigenvalue weighted by molar-refractivity contribution is 0.0507. The molecule has 0 fully saturated rings. The van der Waals surface area contributed by atoms with Crippen LogP contribution in [0.25, 0.3) is 5.52 Å².